The SMILES string of the molecule is COc1ccc(Nc2cc(C)nc(N3CCN(C(=O)c4cccn(C)c4=O)CC3)n2)cc1. The van der Waals surface area contributed by atoms with Gasteiger partial charge in [0.2, 0.25) is 5.95 Å². The van der Waals surface area contributed by atoms with Crippen molar-refractivity contribution >= 4 is 23.4 Å². The molecule has 0 aliphatic carbocycles. The number of methoxy groups -OCH3 is 1. The van der Waals surface area contributed by atoms with Crippen molar-refractivity contribution in [2.75, 3.05) is 43.5 Å². The van der Waals surface area contributed by atoms with Crippen LogP contribution in [0.5, 0.6) is 5.75 Å². The lowest BCUT2D eigenvalue weighted by molar-refractivity contribution is 0.0744. The molecule has 0 unspecified atom stereocenters. The fourth-order valence-electron chi connectivity index (χ4n) is 3.62. The number of pyridine rings is 1. The first-order chi connectivity index (χ1) is 15.4. The van der Waals surface area contributed by atoms with E-state index in [2.05, 4.69) is 20.2 Å². The van der Waals surface area contributed by atoms with Crippen molar-refractivity contribution < 1.29 is 9.53 Å². The highest BCUT2D eigenvalue weighted by atomic mass is 16.5. The van der Waals surface area contributed by atoms with Crippen LogP contribution in [0.3, 0.4) is 0 Å². The van der Waals surface area contributed by atoms with Gasteiger partial charge in [-0.1, -0.05) is 0 Å². The van der Waals surface area contributed by atoms with E-state index < -0.39 is 0 Å². The minimum atomic E-state index is -0.281. The monoisotopic (exact) mass is 434 g/mol. The summed E-state index contributed by atoms with van der Waals surface area (Å²) in [5.41, 5.74) is 1.66. The normalized spacial score (nSPS) is 13.7. The molecule has 1 aliphatic rings. The highest BCUT2D eigenvalue weighted by Crippen LogP contribution is 2.21. The number of ether oxygens (including phenoxy) is 1. The van der Waals surface area contributed by atoms with Crippen molar-refractivity contribution in [1.29, 1.82) is 0 Å². The molecule has 4 rings (SSSR count). The molecule has 2 aromatic heterocycles. The van der Waals surface area contributed by atoms with Crippen LogP contribution in [0.4, 0.5) is 17.5 Å². The van der Waals surface area contributed by atoms with Crippen LogP contribution in [0.25, 0.3) is 0 Å². The fraction of sp³-hybridized carbons (Fsp3) is 0.304. The summed E-state index contributed by atoms with van der Waals surface area (Å²) in [7, 11) is 3.28. The minimum absolute atomic E-state index is 0.196. The summed E-state index contributed by atoms with van der Waals surface area (Å²) in [5, 5.41) is 3.30. The topological polar surface area (TPSA) is 92.6 Å². The summed E-state index contributed by atoms with van der Waals surface area (Å²) in [5.74, 6) is 1.86. The molecule has 1 fully saturated rings. The molecule has 9 nitrogen and oxygen atoms in total. The Morgan fingerprint density at radius 1 is 1.06 bits per heavy atom. The van der Waals surface area contributed by atoms with Crippen molar-refractivity contribution in [3.63, 3.8) is 0 Å². The molecule has 1 aromatic carbocycles. The number of nitrogens with zero attached hydrogens (tertiary/aromatic N) is 5. The molecule has 3 aromatic rings. The smallest absolute Gasteiger partial charge is 0.263 e. The maximum atomic E-state index is 12.8. The van der Waals surface area contributed by atoms with Crippen molar-refractivity contribution in [3.05, 3.63) is 70.3 Å². The number of anilines is 3. The Kier molecular flexibility index (Phi) is 6.07. The average molecular weight is 435 g/mol. The Bertz CT molecular complexity index is 1170. The standard InChI is InChI=1S/C23H26N6O3/c1-16-15-20(25-17-6-8-18(32-3)9-7-17)26-23(24-16)29-13-11-28(12-14-29)22(31)19-5-4-10-27(2)21(19)30/h4-10,15H,11-14H2,1-3H3,(H,24,25,26). The molecule has 9 heteroatoms. The van der Waals surface area contributed by atoms with Gasteiger partial charge in [0.05, 0.1) is 7.11 Å². The highest BCUT2D eigenvalue weighted by molar-refractivity contribution is 5.94. The third-order valence-electron chi connectivity index (χ3n) is 5.41. The Morgan fingerprint density at radius 2 is 1.78 bits per heavy atom. The minimum Gasteiger partial charge on any atom is -0.497 e. The Labute approximate surface area is 186 Å². The Morgan fingerprint density at radius 3 is 2.47 bits per heavy atom. The van der Waals surface area contributed by atoms with Gasteiger partial charge in [-0.25, -0.2) is 4.98 Å². The number of nitrogens with one attached hydrogen (secondary N) is 1. The summed E-state index contributed by atoms with van der Waals surface area (Å²) in [6.45, 7) is 4.09. The molecular weight excluding hydrogens is 408 g/mol. The van der Waals surface area contributed by atoms with Gasteiger partial charge in [0, 0.05) is 56.9 Å². The molecule has 1 saturated heterocycles. The van der Waals surface area contributed by atoms with Crippen LogP contribution < -0.4 is 20.5 Å². The van der Waals surface area contributed by atoms with E-state index in [1.54, 1.807) is 37.4 Å². The summed E-state index contributed by atoms with van der Waals surface area (Å²) >= 11 is 0. The summed E-state index contributed by atoms with van der Waals surface area (Å²) in [6, 6.07) is 12.8. The van der Waals surface area contributed by atoms with E-state index in [4.69, 9.17) is 4.74 Å². The number of aryl methyl sites for hydroxylation is 2. The Hall–Kier alpha value is -3.88. The molecule has 166 valence electrons. The molecule has 0 saturated carbocycles. The van der Waals surface area contributed by atoms with Gasteiger partial charge in [0.25, 0.3) is 11.5 Å². The van der Waals surface area contributed by atoms with Gasteiger partial charge in [-0.05, 0) is 43.3 Å². The van der Waals surface area contributed by atoms with Crippen LogP contribution in [0.1, 0.15) is 16.1 Å². The number of piperazine rings is 1. The van der Waals surface area contributed by atoms with Crippen LogP contribution in [0, 0.1) is 6.92 Å². The van der Waals surface area contributed by atoms with Gasteiger partial charge in [-0.3, -0.25) is 9.59 Å². The zero-order valence-corrected chi connectivity index (χ0v) is 18.4. The van der Waals surface area contributed by atoms with Gasteiger partial charge in [0.1, 0.15) is 17.1 Å². The third kappa shape index (κ3) is 4.56. The molecule has 3 heterocycles. The van der Waals surface area contributed by atoms with E-state index in [1.165, 1.54) is 4.57 Å². The predicted molar refractivity (Wildman–Crippen MR) is 123 cm³/mol. The summed E-state index contributed by atoms with van der Waals surface area (Å²) < 4.78 is 6.61. The number of aromatic nitrogens is 3. The fourth-order valence-corrected chi connectivity index (χ4v) is 3.62. The number of hydrogen-bond acceptors (Lipinski definition) is 7. The maximum Gasteiger partial charge on any atom is 0.263 e. The number of carbonyl (C=O) groups is 1. The number of rotatable bonds is 5. The molecule has 0 atom stereocenters. The lowest BCUT2D eigenvalue weighted by Gasteiger charge is -2.34. The quantitative estimate of drug-likeness (QED) is 0.658. The van der Waals surface area contributed by atoms with E-state index in [1.807, 2.05) is 37.3 Å². The van der Waals surface area contributed by atoms with Gasteiger partial charge in [-0.15, -0.1) is 0 Å². The predicted octanol–water partition coefficient (Wildman–Crippen LogP) is 2.20. The van der Waals surface area contributed by atoms with E-state index in [-0.39, 0.29) is 17.0 Å². The van der Waals surface area contributed by atoms with E-state index in [0.717, 1.165) is 17.1 Å². The Balaban J connectivity index is 1.44. The van der Waals surface area contributed by atoms with E-state index in [9.17, 15) is 9.59 Å². The molecule has 1 N–H and O–H groups in total. The number of carbonyl (C=O) groups excluding carboxylic acids is 1. The van der Waals surface area contributed by atoms with Crippen LogP contribution in [0.15, 0.2) is 53.5 Å². The van der Waals surface area contributed by atoms with Crippen molar-refractivity contribution in [2.45, 2.75) is 6.92 Å². The molecule has 0 bridgehead atoms. The third-order valence-corrected chi connectivity index (χ3v) is 5.41. The molecule has 32 heavy (non-hydrogen) atoms. The van der Waals surface area contributed by atoms with Gasteiger partial charge in [0.15, 0.2) is 0 Å². The van der Waals surface area contributed by atoms with Gasteiger partial charge >= 0.3 is 0 Å². The van der Waals surface area contributed by atoms with Gasteiger partial charge in [-0.2, -0.15) is 4.98 Å². The summed E-state index contributed by atoms with van der Waals surface area (Å²) in [4.78, 5) is 38.1. The zero-order valence-electron chi connectivity index (χ0n) is 18.4. The average Bonchev–Trinajstić information content (AvgIpc) is 2.81. The first-order valence-electron chi connectivity index (χ1n) is 10.4. The lowest BCUT2D eigenvalue weighted by Crippen LogP contribution is -2.50. The second-order valence-corrected chi connectivity index (χ2v) is 7.67. The van der Waals surface area contributed by atoms with Gasteiger partial charge < -0.3 is 24.4 Å². The van der Waals surface area contributed by atoms with Crippen LogP contribution in [-0.4, -0.2) is 58.6 Å². The maximum absolute atomic E-state index is 12.8. The molecule has 1 aliphatic heterocycles. The van der Waals surface area contributed by atoms with Crippen LogP contribution in [0.2, 0.25) is 0 Å². The first kappa shape index (κ1) is 21.4. The second-order valence-electron chi connectivity index (χ2n) is 7.67. The zero-order chi connectivity index (χ0) is 22.7. The molecule has 0 radical (unpaired) electrons. The largest absolute Gasteiger partial charge is 0.497 e. The highest BCUT2D eigenvalue weighted by Gasteiger charge is 2.25. The molecule has 0 spiro atoms. The van der Waals surface area contributed by atoms with Crippen molar-refractivity contribution in [3.8, 4) is 5.75 Å². The second kappa shape index (κ2) is 9.09. The molecule has 1 amide bonds. The number of hydrogen-bond donors (Lipinski definition) is 1. The van der Waals surface area contributed by atoms with E-state index >= 15 is 0 Å². The van der Waals surface area contributed by atoms with Crippen molar-refractivity contribution in [2.24, 2.45) is 7.05 Å². The summed E-state index contributed by atoms with van der Waals surface area (Å²) in [6.07, 6.45) is 1.64. The molecular formula is C23H26N6O3. The number of amides is 1. The van der Waals surface area contributed by atoms with Crippen molar-refractivity contribution in [1.82, 2.24) is 19.4 Å². The lowest BCUT2D eigenvalue weighted by atomic mass is 10.2. The van der Waals surface area contributed by atoms with E-state index in [0.29, 0.717) is 37.9 Å². The van der Waals surface area contributed by atoms with Crippen LogP contribution in [-0.2, 0) is 7.05 Å². The van der Waals surface area contributed by atoms with Crippen LogP contribution >= 0.6 is 0 Å². The first-order valence-corrected chi connectivity index (χ1v) is 10.4. The number of benzene rings is 1.